The maximum absolute atomic E-state index is 12.4. The predicted octanol–water partition coefficient (Wildman–Crippen LogP) is 1.49. The first-order valence-corrected chi connectivity index (χ1v) is 10.0. The second-order valence-corrected chi connectivity index (χ2v) is 7.16. The molecule has 2 saturated heterocycles. The van der Waals surface area contributed by atoms with Crippen molar-refractivity contribution in [2.24, 2.45) is 4.99 Å². The van der Waals surface area contributed by atoms with Crippen LogP contribution in [0.25, 0.3) is 0 Å². The maximum atomic E-state index is 12.4. The Morgan fingerprint density at radius 3 is 2.64 bits per heavy atom. The monoisotopic (exact) mass is 504 g/mol. The van der Waals surface area contributed by atoms with E-state index >= 15 is 0 Å². The van der Waals surface area contributed by atoms with Crippen LogP contribution < -0.4 is 5.32 Å². The minimum absolute atomic E-state index is 0. The Kier molecular flexibility index (Phi) is 9.49. The number of nitrogens with zero attached hydrogens (tertiary/aromatic N) is 5. The number of guanidine groups is 1. The van der Waals surface area contributed by atoms with Crippen molar-refractivity contribution in [3.05, 3.63) is 18.2 Å². The highest BCUT2D eigenvalue weighted by Gasteiger charge is 2.30. The highest BCUT2D eigenvalue weighted by Crippen LogP contribution is 2.16. The molecule has 3 rings (SSSR count). The fourth-order valence-corrected chi connectivity index (χ4v) is 3.69. The van der Waals surface area contributed by atoms with Crippen LogP contribution in [-0.2, 0) is 16.1 Å². The van der Waals surface area contributed by atoms with Gasteiger partial charge in [0.25, 0.3) is 5.91 Å². The van der Waals surface area contributed by atoms with Gasteiger partial charge in [0, 0.05) is 65.3 Å². The van der Waals surface area contributed by atoms with E-state index in [1.165, 1.54) is 0 Å². The first kappa shape index (κ1) is 22.9. The molecule has 1 atom stereocenters. The Hall–Kier alpha value is -1.36. The number of ether oxygens (including phenoxy) is 1. The van der Waals surface area contributed by atoms with Crippen LogP contribution in [0.3, 0.4) is 0 Å². The van der Waals surface area contributed by atoms with E-state index in [1.54, 1.807) is 0 Å². The van der Waals surface area contributed by atoms with Crippen molar-refractivity contribution in [2.45, 2.75) is 45.3 Å². The summed E-state index contributed by atoms with van der Waals surface area (Å²) < 4.78 is 7.71. The summed E-state index contributed by atoms with van der Waals surface area (Å²) in [6, 6.07) is 0. The van der Waals surface area contributed by atoms with Crippen molar-refractivity contribution < 1.29 is 9.53 Å². The molecule has 0 saturated carbocycles. The van der Waals surface area contributed by atoms with Crippen LogP contribution in [0.15, 0.2) is 17.4 Å². The van der Waals surface area contributed by atoms with E-state index in [4.69, 9.17) is 4.74 Å². The quantitative estimate of drug-likeness (QED) is 0.275. The molecular formula is C19H33IN6O2. The van der Waals surface area contributed by atoms with Gasteiger partial charge in [0.05, 0.1) is 0 Å². The number of hydrogen-bond donors (Lipinski definition) is 1. The van der Waals surface area contributed by atoms with E-state index in [-0.39, 0.29) is 36.0 Å². The molecule has 0 radical (unpaired) electrons. The standard InChI is InChI=1S/C19H32N6O2.HI/c1-16-21-8-10-23(16)9-4-3-7-22-19(20-2)25-13-11-24(12-14-25)18(26)17-6-5-15-27-17;/h8,10,17H,3-7,9,11-15H2,1-2H3,(H,20,22);1H. The first-order valence-electron chi connectivity index (χ1n) is 10.0. The summed E-state index contributed by atoms with van der Waals surface area (Å²) in [7, 11) is 1.82. The van der Waals surface area contributed by atoms with E-state index in [9.17, 15) is 4.79 Å². The highest BCUT2D eigenvalue weighted by molar-refractivity contribution is 14.0. The molecule has 1 aromatic heterocycles. The van der Waals surface area contributed by atoms with E-state index < -0.39 is 0 Å². The van der Waals surface area contributed by atoms with Gasteiger partial charge in [-0.05, 0) is 32.6 Å². The average Bonchev–Trinajstić information content (AvgIpc) is 3.36. The van der Waals surface area contributed by atoms with Crippen LogP contribution >= 0.6 is 24.0 Å². The number of aryl methyl sites for hydroxylation is 2. The molecule has 9 heteroatoms. The van der Waals surface area contributed by atoms with Crippen molar-refractivity contribution in [3.63, 3.8) is 0 Å². The third-order valence-corrected chi connectivity index (χ3v) is 5.34. The zero-order valence-electron chi connectivity index (χ0n) is 17.0. The summed E-state index contributed by atoms with van der Waals surface area (Å²) in [5.74, 6) is 2.15. The van der Waals surface area contributed by atoms with Crippen LogP contribution in [0, 0.1) is 6.92 Å². The molecule has 0 aromatic carbocycles. The molecule has 2 aliphatic rings. The molecule has 0 bridgehead atoms. The third-order valence-electron chi connectivity index (χ3n) is 5.34. The summed E-state index contributed by atoms with van der Waals surface area (Å²) in [4.78, 5) is 25.3. The molecule has 2 aliphatic heterocycles. The van der Waals surface area contributed by atoms with Crippen molar-refractivity contribution in [3.8, 4) is 0 Å². The number of rotatable bonds is 6. The number of unbranched alkanes of at least 4 members (excludes halogenated alkanes) is 1. The van der Waals surface area contributed by atoms with Gasteiger partial charge in [-0.1, -0.05) is 0 Å². The summed E-state index contributed by atoms with van der Waals surface area (Å²) >= 11 is 0. The highest BCUT2D eigenvalue weighted by atomic mass is 127. The molecule has 2 fully saturated rings. The minimum atomic E-state index is -0.215. The molecule has 1 amide bonds. The van der Waals surface area contributed by atoms with Crippen LogP contribution in [0.5, 0.6) is 0 Å². The van der Waals surface area contributed by atoms with E-state index in [2.05, 4.69) is 24.8 Å². The first-order chi connectivity index (χ1) is 13.2. The lowest BCUT2D eigenvalue weighted by Crippen LogP contribution is -2.55. The number of amides is 1. The third kappa shape index (κ3) is 6.07. The van der Waals surface area contributed by atoms with Gasteiger partial charge in [-0.3, -0.25) is 9.79 Å². The SMILES string of the molecule is CN=C(NCCCCn1ccnc1C)N1CCN(C(=O)C2CCCO2)CC1.I. The molecule has 3 heterocycles. The molecule has 1 aromatic rings. The Balaban J connectivity index is 0.00000280. The maximum Gasteiger partial charge on any atom is 0.251 e. The lowest BCUT2D eigenvalue weighted by Gasteiger charge is -2.37. The Bertz CT molecular complexity index is 636. The second kappa shape index (κ2) is 11.6. The number of imidazole rings is 1. The number of aromatic nitrogens is 2. The van der Waals surface area contributed by atoms with Gasteiger partial charge in [0.2, 0.25) is 0 Å². The topological polar surface area (TPSA) is 75.0 Å². The molecule has 0 spiro atoms. The number of aliphatic imine (C=N–C) groups is 1. The van der Waals surface area contributed by atoms with Crippen LogP contribution in [-0.4, -0.2) is 83.7 Å². The summed E-state index contributed by atoms with van der Waals surface area (Å²) in [6.45, 7) is 7.74. The summed E-state index contributed by atoms with van der Waals surface area (Å²) in [5.41, 5.74) is 0. The van der Waals surface area contributed by atoms with Gasteiger partial charge in [0.1, 0.15) is 11.9 Å². The van der Waals surface area contributed by atoms with Gasteiger partial charge in [-0.25, -0.2) is 4.98 Å². The Morgan fingerprint density at radius 2 is 2.04 bits per heavy atom. The van der Waals surface area contributed by atoms with Gasteiger partial charge < -0.3 is 24.4 Å². The average molecular weight is 504 g/mol. The largest absolute Gasteiger partial charge is 0.368 e. The summed E-state index contributed by atoms with van der Waals surface area (Å²) in [6.07, 6.45) is 7.69. The zero-order valence-corrected chi connectivity index (χ0v) is 19.3. The predicted molar refractivity (Wildman–Crippen MR) is 120 cm³/mol. The fourth-order valence-electron chi connectivity index (χ4n) is 3.69. The van der Waals surface area contributed by atoms with Gasteiger partial charge in [-0.15, -0.1) is 24.0 Å². The minimum Gasteiger partial charge on any atom is -0.368 e. The fraction of sp³-hybridized carbons (Fsp3) is 0.737. The molecule has 1 N–H and O–H groups in total. The normalized spacial score (nSPS) is 20.2. The zero-order chi connectivity index (χ0) is 19.1. The lowest BCUT2D eigenvalue weighted by atomic mass is 10.2. The summed E-state index contributed by atoms with van der Waals surface area (Å²) in [5, 5.41) is 3.46. The smallest absolute Gasteiger partial charge is 0.251 e. The van der Waals surface area contributed by atoms with Crippen molar-refractivity contribution in [2.75, 3.05) is 46.4 Å². The molecule has 158 valence electrons. The Labute approximate surface area is 184 Å². The van der Waals surface area contributed by atoms with Crippen LogP contribution in [0.2, 0.25) is 0 Å². The lowest BCUT2D eigenvalue weighted by molar-refractivity contribution is -0.142. The molecule has 8 nitrogen and oxygen atoms in total. The van der Waals surface area contributed by atoms with E-state index in [1.807, 2.05) is 31.3 Å². The van der Waals surface area contributed by atoms with Crippen molar-refractivity contribution in [1.29, 1.82) is 0 Å². The number of halogens is 1. The number of carbonyl (C=O) groups is 1. The number of nitrogens with one attached hydrogen (secondary N) is 1. The Morgan fingerprint density at radius 1 is 1.29 bits per heavy atom. The van der Waals surface area contributed by atoms with Gasteiger partial charge >= 0.3 is 0 Å². The molecule has 1 unspecified atom stereocenters. The number of carbonyl (C=O) groups excluding carboxylic acids is 1. The van der Waals surface area contributed by atoms with Crippen LogP contribution in [0.1, 0.15) is 31.5 Å². The van der Waals surface area contributed by atoms with Gasteiger partial charge in [0.15, 0.2) is 5.96 Å². The molecule has 0 aliphatic carbocycles. The second-order valence-electron chi connectivity index (χ2n) is 7.16. The molecular weight excluding hydrogens is 471 g/mol. The number of piperazine rings is 1. The molecule has 28 heavy (non-hydrogen) atoms. The van der Waals surface area contributed by atoms with Gasteiger partial charge in [-0.2, -0.15) is 0 Å². The van der Waals surface area contributed by atoms with Crippen LogP contribution in [0.4, 0.5) is 0 Å². The van der Waals surface area contributed by atoms with Crippen molar-refractivity contribution >= 4 is 35.8 Å². The number of hydrogen-bond acceptors (Lipinski definition) is 4. The van der Waals surface area contributed by atoms with E-state index in [0.29, 0.717) is 6.61 Å². The van der Waals surface area contributed by atoms with E-state index in [0.717, 1.165) is 76.7 Å². The van der Waals surface area contributed by atoms with Crippen molar-refractivity contribution in [1.82, 2.24) is 24.7 Å².